The first-order chi connectivity index (χ1) is 10.7. The number of fused-ring (bicyclic) bond motifs is 1. The van der Waals surface area contributed by atoms with E-state index in [1.807, 2.05) is 18.2 Å². The summed E-state index contributed by atoms with van der Waals surface area (Å²) in [6.07, 6.45) is 1.89. The maximum atomic E-state index is 11.9. The molecule has 3 rings (SSSR count). The van der Waals surface area contributed by atoms with Gasteiger partial charge in [0.25, 0.3) is 0 Å². The number of amides is 1. The zero-order valence-corrected chi connectivity index (χ0v) is 12.4. The van der Waals surface area contributed by atoms with Crippen LogP contribution in [-0.4, -0.2) is 22.5 Å². The zero-order chi connectivity index (χ0) is 15.4. The van der Waals surface area contributed by atoms with Crippen LogP contribution in [0, 0.1) is 0 Å². The number of carbonyl (C=O) groups is 1. The molecule has 6 heteroatoms. The van der Waals surface area contributed by atoms with E-state index in [0.29, 0.717) is 17.4 Å². The molecule has 1 amide bonds. The Labute approximate surface area is 132 Å². The molecule has 0 bridgehead atoms. The number of carbonyl (C=O) groups excluding carboxylic acids is 1. The number of benzene rings is 2. The highest BCUT2D eigenvalue weighted by molar-refractivity contribution is 6.30. The largest absolute Gasteiger partial charge is 0.493 e. The van der Waals surface area contributed by atoms with Gasteiger partial charge in [0.1, 0.15) is 5.75 Å². The molecule has 22 heavy (non-hydrogen) atoms. The Hall–Kier alpha value is -2.53. The molecule has 0 saturated heterocycles. The van der Waals surface area contributed by atoms with E-state index >= 15 is 0 Å². The van der Waals surface area contributed by atoms with Crippen molar-refractivity contribution in [2.24, 2.45) is 0 Å². The fourth-order valence-corrected chi connectivity index (χ4v) is 2.16. The van der Waals surface area contributed by atoms with Crippen LogP contribution in [0.2, 0.25) is 5.02 Å². The van der Waals surface area contributed by atoms with Crippen molar-refractivity contribution < 1.29 is 9.53 Å². The molecule has 5 nitrogen and oxygen atoms in total. The monoisotopic (exact) mass is 315 g/mol. The van der Waals surface area contributed by atoms with Gasteiger partial charge in [0, 0.05) is 10.7 Å². The summed E-state index contributed by atoms with van der Waals surface area (Å²) >= 11 is 5.79. The summed E-state index contributed by atoms with van der Waals surface area (Å²) in [5.74, 6) is 0.587. The maximum absolute atomic E-state index is 11.9. The van der Waals surface area contributed by atoms with Crippen molar-refractivity contribution in [2.75, 3.05) is 11.9 Å². The molecule has 0 aliphatic rings. The molecule has 112 valence electrons. The van der Waals surface area contributed by atoms with Crippen LogP contribution in [0.1, 0.15) is 6.42 Å². The second kappa shape index (κ2) is 6.49. The van der Waals surface area contributed by atoms with Gasteiger partial charge in [-0.3, -0.25) is 4.79 Å². The summed E-state index contributed by atoms with van der Waals surface area (Å²) in [7, 11) is 0. The number of halogens is 1. The Morgan fingerprint density at radius 1 is 1.23 bits per heavy atom. The number of nitrogens with zero attached hydrogens (tertiary/aromatic N) is 1. The number of hydrogen-bond acceptors (Lipinski definition) is 3. The van der Waals surface area contributed by atoms with Gasteiger partial charge >= 0.3 is 0 Å². The first kappa shape index (κ1) is 14.4. The van der Waals surface area contributed by atoms with E-state index < -0.39 is 0 Å². The summed E-state index contributed by atoms with van der Waals surface area (Å²) in [5.41, 5.74) is 2.48. The summed E-state index contributed by atoms with van der Waals surface area (Å²) in [5, 5.41) is 3.48. The van der Waals surface area contributed by atoms with Crippen LogP contribution in [0.25, 0.3) is 11.0 Å². The lowest BCUT2D eigenvalue weighted by molar-refractivity contribution is -0.116. The highest BCUT2D eigenvalue weighted by atomic mass is 35.5. The predicted octanol–water partition coefficient (Wildman–Crippen LogP) is 3.62. The molecular formula is C16H14ClN3O2. The van der Waals surface area contributed by atoms with Crippen LogP contribution in [0.15, 0.2) is 48.8 Å². The van der Waals surface area contributed by atoms with Crippen molar-refractivity contribution >= 4 is 34.2 Å². The average Bonchev–Trinajstić information content (AvgIpc) is 2.97. The van der Waals surface area contributed by atoms with Gasteiger partial charge in [-0.2, -0.15) is 0 Å². The van der Waals surface area contributed by atoms with Crippen LogP contribution in [0.4, 0.5) is 5.69 Å². The molecule has 1 heterocycles. The maximum Gasteiger partial charge on any atom is 0.227 e. The molecule has 0 unspecified atom stereocenters. The Balaban J connectivity index is 1.50. The van der Waals surface area contributed by atoms with Gasteiger partial charge in [0.15, 0.2) is 0 Å². The first-order valence-electron chi connectivity index (χ1n) is 6.82. The van der Waals surface area contributed by atoms with Gasteiger partial charge in [-0.05, 0) is 42.5 Å². The molecule has 2 aromatic carbocycles. The quantitative estimate of drug-likeness (QED) is 0.755. The minimum absolute atomic E-state index is 0.104. The highest BCUT2D eigenvalue weighted by Crippen LogP contribution is 2.17. The van der Waals surface area contributed by atoms with Crippen molar-refractivity contribution in [2.45, 2.75) is 6.42 Å². The second-order valence-corrected chi connectivity index (χ2v) is 5.17. The van der Waals surface area contributed by atoms with Crippen LogP contribution in [0.5, 0.6) is 5.75 Å². The van der Waals surface area contributed by atoms with Gasteiger partial charge in [0.05, 0.1) is 30.4 Å². The third-order valence-corrected chi connectivity index (χ3v) is 3.37. The number of anilines is 1. The average molecular weight is 316 g/mol. The van der Waals surface area contributed by atoms with E-state index in [1.165, 1.54) is 0 Å². The van der Waals surface area contributed by atoms with Gasteiger partial charge in [0.2, 0.25) is 5.91 Å². The number of imidazole rings is 1. The van der Waals surface area contributed by atoms with Crippen molar-refractivity contribution in [3.8, 4) is 5.75 Å². The lowest BCUT2D eigenvalue weighted by Crippen LogP contribution is -2.15. The van der Waals surface area contributed by atoms with E-state index in [-0.39, 0.29) is 12.3 Å². The Kier molecular flexibility index (Phi) is 4.25. The molecule has 1 aromatic heterocycles. The molecule has 0 saturated carbocycles. The van der Waals surface area contributed by atoms with Gasteiger partial charge in [-0.15, -0.1) is 0 Å². The summed E-state index contributed by atoms with van der Waals surface area (Å²) in [6, 6.07) is 12.6. The molecule has 0 radical (unpaired) electrons. The molecule has 0 aliphatic heterocycles. The Morgan fingerprint density at radius 2 is 2.05 bits per heavy atom. The molecule has 3 aromatic rings. The van der Waals surface area contributed by atoms with Crippen LogP contribution >= 0.6 is 11.6 Å². The lowest BCUT2D eigenvalue weighted by atomic mass is 10.2. The number of hydrogen-bond donors (Lipinski definition) is 2. The van der Waals surface area contributed by atoms with Crippen LogP contribution in [-0.2, 0) is 4.79 Å². The molecule has 0 spiro atoms. The van der Waals surface area contributed by atoms with E-state index in [0.717, 1.165) is 16.7 Å². The number of aromatic nitrogens is 2. The minimum Gasteiger partial charge on any atom is -0.493 e. The number of aromatic amines is 1. The third kappa shape index (κ3) is 3.56. The molecular weight excluding hydrogens is 302 g/mol. The number of rotatable bonds is 5. The fourth-order valence-electron chi connectivity index (χ4n) is 2.03. The van der Waals surface area contributed by atoms with Gasteiger partial charge < -0.3 is 15.0 Å². The minimum atomic E-state index is -0.104. The van der Waals surface area contributed by atoms with E-state index in [9.17, 15) is 4.79 Å². The topological polar surface area (TPSA) is 67.0 Å². The third-order valence-electron chi connectivity index (χ3n) is 3.12. The zero-order valence-electron chi connectivity index (χ0n) is 11.7. The number of ether oxygens (including phenoxy) is 1. The smallest absolute Gasteiger partial charge is 0.227 e. The molecule has 0 aliphatic carbocycles. The predicted molar refractivity (Wildman–Crippen MR) is 86.3 cm³/mol. The number of H-pyrrole nitrogens is 1. The molecule has 2 N–H and O–H groups in total. The summed E-state index contributed by atoms with van der Waals surface area (Å²) in [4.78, 5) is 19.0. The summed E-state index contributed by atoms with van der Waals surface area (Å²) < 4.78 is 5.49. The van der Waals surface area contributed by atoms with Crippen molar-refractivity contribution in [3.05, 3.63) is 53.8 Å². The fraction of sp³-hybridized carbons (Fsp3) is 0.125. The summed E-state index contributed by atoms with van der Waals surface area (Å²) in [6.45, 7) is 0.305. The Morgan fingerprint density at radius 3 is 2.86 bits per heavy atom. The van der Waals surface area contributed by atoms with Crippen molar-refractivity contribution in [1.29, 1.82) is 0 Å². The van der Waals surface area contributed by atoms with E-state index in [4.69, 9.17) is 16.3 Å². The highest BCUT2D eigenvalue weighted by Gasteiger charge is 2.05. The first-order valence-corrected chi connectivity index (χ1v) is 7.20. The molecule has 0 fully saturated rings. The van der Waals surface area contributed by atoms with E-state index in [1.54, 1.807) is 30.6 Å². The molecule has 0 atom stereocenters. The van der Waals surface area contributed by atoms with Gasteiger partial charge in [-0.25, -0.2) is 4.98 Å². The van der Waals surface area contributed by atoms with Crippen LogP contribution < -0.4 is 10.1 Å². The Bertz CT molecular complexity index is 783. The van der Waals surface area contributed by atoms with E-state index in [2.05, 4.69) is 15.3 Å². The van der Waals surface area contributed by atoms with Gasteiger partial charge in [-0.1, -0.05) is 11.6 Å². The SMILES string of the molecule is O=C(CCOc1ccc(Cl)cc1)Nc1ccc2nc[nH]c2c1. The van der Waals surface area contributed by atoms with Crippen molar-refractivity contribution in [1.82, 2.24) is 9.97 Å². The lowest BCUT2D eigenvalue weighted by Gasteiger charge is -2.07. The second-order valence-electron chi connectivity index (χ2n) is 4.74. The number of nitrogens with one attached hydrogen (secondary N) is 2. The van der Waals surface area contributed by atoms with Crippen molar-refractivity contribution in [3.63, 3.8) is 0 Å². The normalized spacial score (nSPS) is 10.6. The van der Waals surface area contributed by atoms with Crippen LogP contribution in [0.3, 0.4) is 0 Å². The standard InChI is InChI=1S/C16H14ClN3O2/c17-11-1-4-13(5-2-11)22-8-7-16(21)20-12-3-6-14-15(9-12)19-10-18-14/h1-6,9-10H,7-8H2,(H,18,19)(H,20,21).